The Bertz CT molecular complexity index is 152. The lowest BCUT2D eigenvalue weighted by molar-refractivity contribution is -0.136. The first kappa shape index (κ1) is 5.52. The smallest absolute Gasteiger partial charge is 0.308 e. The summed E-state index contributed by atoms with van der Waals surface area (Å²) in [6.45, 7) is 0. The minimum absolute atomic E-state index is 0.0880. The molecule has 2 aliphatic heterocycles. The van der Waals surface area contributed by atoms with Gasteiger partial charge in [0.15, 0.2) is 0 Å². The molecular weight excluding hydrogens is 140 g/mol. The molecule has 0 aromatic heterocycles. The number of nitrogens with zero attached hydrogens (tertiary/aromatic N) is 2. The Labute approximate surface area is 56.5 Å². The van der Waals surface area contributed by atoms with Crippen molar-refractivity contribution in [2.75, 3.05) is 11.6 Å². The maximum atomic E-state index is 10.7. The molecule has 2 aliphatic rings. The van der Waals surface area contributed by atoms with Crippen LogP contribution < -0.4 is 0 Å². The molecule has 0 N–H and O–H groups in total. The normalized spacial score (nSPS) is 34.7. The minimum Gasteiger partial charge on any atom is -0.548 e. The number of carbonyl (C=O) groups is 1. The summed E-state index contributed by atoms with van der Waals surface area (Å²) in [6.07, 6.45) is 0. The highest BCUT2D eigenvalue weighted by Gasteiger charge is 2.30. The third-order valence-corrected chi connectivity index (χ3v) is 2.37. The van der Waals surface area contributed by atoms with Gasteiger partial charge in [0.05, 0.1) is 0 Å². The van der Waals surface area contributed by atoms with E-state index in [-0.39, 0.29) is 12.0 Å². The summed E-state index contributed by atoms with van der Waals surface area (Å²) in [7, 11) is 0. The van der Waals surface area contributed by atoms with Crippen molar-refractivity contribution >= 4 is 17.7 Å². The molecule has 0 aromatic carbocycles. The molecular formula is C4H5N2O2S-. The highest BCUT2D eigenvalue weighted by molar-refractivity contribution is 7.99. The van der Waals surface area contributed by atoms with Crippen LogP contribution in [0.5, 0.6) is 0 Å². The Morgan fingerprint density at radius 2 is 2.78 bits per heavy atom. The second kappa shape index (κ2) is 1.86. The monoisotopic (exact) mass is 145 g/mol. The summed E-state index contributed by atoms with van der Waals surface area (Å²) in [6, 6.07) is -0.0880. The number of rotatable bonds is 0. The standard InChI is InChI=1S/C4H5N2O2S/c7-4-3-1-9-2-6(3)5-8-4/h3H,1-2H2/q-1. The third-order valence-electron chi connectivity index (χ3n) is 1.37. The van der Waals surface area contributed by atoms with Crippen molar-refractivity contribution in [1.82, 2.24) is 5.01 Å². The summed E-state index contributed by atoms with van der Waals surface area (Å²) in [5.74, 6) is 1.40. The molecule has 4 nitrogen and oxygen atoms in total. The first-order valence-electron chi connectivity index (χ1n) is 2.64. The molecule has 0 aromatic rings. The molecule has 2 rings (SSSR count). The molecule has 50 valence electrons. The van der Waals surface area contributed by atoms with E-state index in [1.807, 2.05) is 0 Å². The number of thioether (sulfide) groups is 1. The highest BCUT2D eigenvalue weighted by atomic mass is 32.2. The van der Waals surface area contributed by atoms with Crippen molar-refractivity contribution in [3.63, 3.8) is 0 Å². The molecule has 1 atom stereocenters. The molecule has 2 saturated heterocycles. The van der Waals surface area contributed by atoms with E-state index in [2.05, 4.69) is 10.4 Å². The molecule has 0 saturated carbocycles. The first-order valence-corrected chi connectivity index (χ1v) is 3.79. The quantitative estimate of drug-likeness (QED) is 0.485. The van der Waals surface area contributed by atoms with E-state index in [9.17, 15) is 4.79 Å². The lowest BCUT2D eigenvalue weighted by atomic mass is 10.3. The SMILES string of the molecule is O=C1O[N-]N2CSCC12. The van der Waals surface area contributed by atoms with Crippen LogP contribution in [0.4, 0.5) is 0 Å². The molecule has 0 spiro atoms. The molecule has 9 heavy (non-hydrogen) atoms. The zero-order chi connectivity index (χ0) is 6.27. The van der Waals surface area contributed by atoms with E-state index in [1.54, 1.807) is 16.8 Å². The van der Waals surface area contributed by atoms with Crippen molar-refractivity contribution in [2.45, 2.75) is 6.04 Å². The van der Waals surface area contributed by atoms with Crippen molar-refractivity contribution < 1.29 is 9.63 Å². The Morgan fingerprint density at radius 3 is 3.56 bits per heavy atom. The van der Waals surface area contributed by atoms with Crippen LogP contribution in [0.1, 0.15) is 0 Å². The molecule has 0 radical (unpaired) electrons. The molecule has 0 bridgehead atoms. The van der Waals surface area contributed by atoms with Crippen LogP contribution >= 0.6 is 11.8 Å². The van der Waals surface area contributed by atoms with Gasteiger partial charge in [0.25, 0.3) is 0 Å². The summed E-state index contributed by atoms with van der Waals surface area (Å²) in [4.78, 5) is 15.1. The molecule has 0 amide bonds. The summed E-state index contributed by atoms with van der Waals surface area (Å²) >= 11 is 1.70. The van der Waals surface area contributed by atoms with Crippen LogP contribution in [0.2, 0.25) is 0 Å². The number of hydrogen-bond acceptors (Lipinski definition) is 4. The summed E-state index contributed by atoms with van der Waals surface area (Å²) in [5, 5.41) is 1.67. The van der Waals surface area contributed by atoms with E-state index in [0.29, 0.717) is 0 Å². The summed E-state index contributed by atoms with van der Waals surface area (Å²) < 4.78 is 0. The van der Waals surface area contributed by atoms with Gasteiger partial charge in [-0.3, -0.25) is 4.79 Å². The van der Waals surface area contributed by atoms with Gasteiger partial charge in [-0.2, -0.15) is 0 Å². The zero-order valence-electron chi connectivity index (χ0n) is 4.61. The van der Waals surface area contributed by atoms with Crippen molar-refractivity contribution in [3.05, 3.63) is 5.59 Å². The number of fused-ring (bicyclic) bond motifs is 1. The summed E-state index contributed by atoms with van der Waals surface area (Å²) in [5.41, 5.74) is 3.54. The Balaban J connectivity index is 2.15. The lowest BCUT2D eigenvalue weighted by Gasteiger charge is -2.21. The number of carbonyl (C=O) groups excluding carboxylic acids is 1. The van der Waals surface area contributed by atoms with E-state index in [0.717, 1.165) is 11.6 Å². The zero-order valence-corrected chi connectivity index (χ0v) is 5.43. The van der Waals surface area contributed by atoms with E-state index in [4.69, 9.17) is 0 Å². The average Bonchev–Trinajstić information content (AvgIpc) is 2.35. The van der Waals surface area contributed by atoms with Crippen LogP contribution in [0, 0.1) is 0 Å². The van der Waals surface area contributed by atoms with E-state index >= 15 is 0 Å². The van der Waals surface area contributed by atoms with Crippen molar-refractivity contribution in [1.29, 1.82) is 0 Å². The third kappa shape index (κ3) is 0.726. The topological polar surface area (TPSA) is 43.6 Å². The maximum Gasteiger partial charge on any atom is 0.308 e. The number of hydrogen-bond donors (Lipinski definition) is 0. The van der Waals surface area contributed by atoms with Crippen molar-refractivity contribution in [2.24, 2.45) is 0 Å². The second-order valence-corrected chi connectivity index (χ2v) is 2.95. The van der Waals surface area contributed by atoms with Gasteiger partial charge in [0.2, 0.25) is 0 Å². The molecule has 0 aliphatic carbocycles. The van der Waals surface area contributed by atoms with Crippen LogP contribution in [0.15, 0.2) is 0 Å². The molecule has 2 heterocycles. The Morgan fingerprint density at radius 1 is 1.89 bits per heavy atom. The predicted octanol–water partition coefficient (Wildman–Crippen LogP) is 0.122. The van der Waals surface area contributed by atoms with Gasteiger partial charge in [-0.05, 0) is 0 Å². The van der Waals surface area contributed by atoms with Crippen LogP contribution in [-0.2, 0) is 9.63 Å². The van der Waals surface area contributed by atoms with Gasteiger partial charge < -0.3 is 15.4 Å². The molecule has 2 fully saturated rings. The van der Waals surface area contributed by atoms with Crippen LogP contribution in [-0.4, -0.2) is 28.6 Å². The van der Waals surface area contributed by atoms with Gasteiger partial charge in [-0.15, -0.1) is 11.8 Å². The van der Waals surface area contributed by atoms with Gasteiger partial charge in [-0.25, -0.2) is 0 Å². The Hall–Kier alpha value is -0.260. The fourth-order valence-corrected chi connectivity index (χ4v) is 1.91. The van der Waals surface area contributed by atoms with Gasteiger partial charge in [0.1, 0.15) is 6.04 Å². The predicted molar refractivity (Wildman–Crippen MR) is 32.4 cm³/mol. The largest absolute Gasteiger partial charge is 0.548 e. The van der Waals surface area contributed by atoms with E-state index < -0.39 is 0 Å². The first-order chi connectivity index (χ1) is 4.38. The van der Waals surface area contributed by atoms with Gasteiger partial charge in [-0.1, -0.05) is 0 Å². The second-order valence-electron chi connectivity index (χ2n) is 1.95. The van der Waals surface area contributed by atoms with Crippen LogP contribution in [0.3, 0.4) is 0 Å². The van der Waals surface area contributed by atoms with E-state index in [1.165, 1.54) is 0 Å². The fourth-order valence-electron chi connectivity index (χ4n) is 0.858. The van der Waals surface area contributed by atoms with Gasteiger partial charge in [0, 0.05) is 11.6 Å². The fraction of sp³-hybridized carbons (Fsp3) is 0.750. The average molecular weight is 145 g/mol. The maximum absolute atomic E-state index is 10.7. The lowest BCUT2D eigenvalue weighted by Crippen LogP contribution is -2.25. The van der Waals surface area contributed by atoms with Gasteiger partial charge >= 0.3 is 5.97 Å². The van der Waals surface area contributed by atoms with Crippen molar-refractivity contribution in [3.8, 4) is 0 Å². The highest BCUT2D eigenvalue weighted by Crippen LogP contribution is 2.29. The Kier molecular flexibility index (Phi) is 1.14. The molecule has 5 heteroatoms. The van der Waals surface area contributed by atoms with Crippen LogP contribution in [0.25, 0.3) is 5.59 Å². The minimum atomic E-state index is -0.208. The molecule has 1 unspecified atom stereocenters.